The van der Waals surface area contributed by atoms with Crippen LogP contribution in [0.4, 0.5) is 0 Å². The Labute approximate surface area is 181 Å². The van der Waals surface area contributed by atoms with E-state index in [2.05, 4.69) is 31.2 Å². The van der Waals surface area contributed by atoms with Gasteiger partial charge in [0.1, 0.15) is 5.82 Å². The van der Waals surface area contributed by atoms with E-state index in [-0.39, 0.29) is 17.6 Å². The van der Waals surface area contributed by atoms with Crippen molar-refractivity contribution in [3.63, 3.8) is 0 Å². The number of allylic oxidation sites excluding steroid dienone is 3. The number of carbonyl (C=O) groups excluding carboxylic acids is 1. The summed E-state index contributed by atoms with van der Waals surface area (Å²) in [4.78, 5) is 15.8. The molecule has 1 aromatic heterocycles. The third-order valence-corrected chi connectivity index (χ3v) is 7.22. The van der Waals surface area contributed by atoms with Crippen LogP contribution in [0.1, 0.15) is 46.9 Å². The highest BCUT2D eigenvalue weighted by molar-refractivity contribution is 7.12. The van der Waals surface area contributed by atoms with Crippen LogP contribution in [-0.4, -0.2) is 29.9 Å². The lowest BCUT2D eigenvalue weighted by molar-refractivity contribution is -0.117. The molecule has 0 unspecified atom stereocenters. The van der Waals surface area contributed by atoms with E-state index in [0.717, 1.165) is 28.1 Å². The minimum absolute atomic E-state index is 0.103. The summed E-state index contributed by atoms with van der Waals surface area (Å²) in [5.41, 5.74) is 9.80. The van der Waals surface area contributed by atoms with Crippen LogP contribution in [0.3, 0.4) is 0 Å². The lowest BCUT2D eigenvalue weighted by atomic mass is 9.74. The molecule has 1 aliphatic carbocycles. The molecule has 0 bridgehead atoms. The van der Waals surface area contributed by atoms with Crippen molar-refractivity contribution in [2.75, 3.05) is 14.1 Å². The van der Waals surface area contributed by atoms with Gasteiger partial charge in [-0.25, -0.2) is 5.01 Å². The Morgan fingerprint density at radius 1 is 1.20 bits per heavy atom. The van der Waals surface area contributed by atoms with Gasteiger partial charge in [0.25, 0.3) is 0 Å². The second-order valence-corrected chi connectivity index (χ2v) is 9.16. The van der Waals surface area contributed by atoms with Crippen LogP contribution in [0.2, 0.25) is 0 Å². The molecule has 1 aliphatic heterocycles. The van der Waals surface area contributed by atoms with Gasteiger partial charge in [0.05, 0.1) is 17.6 Å². The average molecular weight is 419 g/mol. The van der Waals surface area contributed by atoms with Crippen LogP contribution < -0.4 is 5.73 Å². The number of benzene rings is 1. The molecular formula is C24H26N4OS. The van der Waals surface area contributed by atoms with Gasteiger partial charge in [-0.1, -0.05) is 37.3 Å². The summed E-state index contributed by atoms with van der Waals surface area (Å²) in [6.07, 6.45) is 2.09. The fraction of sp³-hybridized carbons (Fsp3) is 0.333. The van der Waals surface area contributed by atoms with Crippen LogP contribution in [-0.2, 0) is 11.2 Å². The highest BCUT2D eigenvalue weighted by Gasteiger charge is 2.43. The Kier molecular flexibility index (Phi) is 5.50. The van der Waals surface area contributed by atoms with Crippen LogP contribution in [0.25, 0.3) is 0 Å². The molecule has 6 heteroatoms. The van der Waals surface area contributed by atoms with Gasteiger partial charge in [0, 0.05) is 41.5 Å². The number of carbonyl (C=O) groups is 1. The number of rotatable bonds is 4. The molecule has 5 nitrogen and oxygen atoms in total. The normalized spacial score (nSPS) is 21.8. The molecule has 1 aromatic carbocycles. The summed E-state index contributed by atoms with van der Waals surface area (Å²) >= 11 is 1.67. The Hall–Kier alpha value is -2.88. The smallest absolute Gasteiger partial charge is 0.162 e. The molecule has 0 amide bonds. The number of nitriles is 1. The first-order chi connectivity index (χ1) is 14.5. The summed E-state index contributed by atoms with van der Waals surface area (Å²) in [7, 11) is 3.79. The maximum atomic E-state index is 13.5. The zero-order valence-corrected chi connectivity index (χ0v) is 18.4. The first-order valence-corrected chi connectivity index (χ1v) is 11.0. The van der Waals surface area contributed by atoms with Crippen molar-refractivity contribution < 1.29 is 4.79 Å². The van der Waals surface area contributed by atoms with E-state index in [1.54, 1.807) is 11.3 Å². The zero-order valence-electron chi connectivity index (χ0n) is 17.6. The van der Waals surface area contributed by atoms with E-state index in [1.165, 1.54) is 4.88 Å². The third kappa shape index (κ3) is 3.34. The van der Waals surface area contributed by atoms with Gasteiger partial charge in [-0.05, 0) is 36.5 Å². The maximum absolute atomic E-state index is 13.5. The van der Waals surface area contributed by atoms with Crippen molar-refractivity contribution in [3.8, 4) is 6.07 Å². The van der Waals surface area contributed by atoms with Gasteiger partial charge >= 0.3 is 0 Å². The van der Waals surface area contributed by atoms with Gasteiger partial charge in [-0.15, -0.1) is 11.3 Å². The lowest BCUT2D eigenvalue weighted by Gasteiger charge is -2.43. The van der Waals surface area contributed by atoms with Crippen molar-refractivity contribution in [3.05, 3.63) is 80.4 Å². The molecule has 0 radical (unpaired) electrons. The number of aryl methyl sites for hydroxylation is 1. The minimum Gasteiger partial charge on any atom is -0.383 e. The molecular weight excluding hydrogens is 392 g/mol. The summed E-state index contributed by atoms with van der Waals surface area (Å²) in [6, 6.07) is 16.6. The van der Waals surface area contributed by atoms with Crippen molar-refractivity contribution in [1.82, 2.24) is 10.0 Å². The van der Waals surface area contributed by atoms with Gasteiger partial charge in [-0.2, -0.15) is 5.26 Å². The van der Waals surface area contributed by atoms with E-state index < -0.39 is 0 Å². The predicted molar refractivity (Wildman–Crippen MR) is 119 cm³/mol. The van der Waals surface area contributed by atoms with E-state index in [9.17, 15) is 10.1 Å². The van der Waals surface area contributed by atoms with E-state index in [0.29, 0.717) is 24.2 Å². The maximum Gasteiger partial charge on any atom is 0.162 e. The Balaban J connectivity index is 1.88. The van der Waals surface area contributed by atoms with E-state index >= 15 is 0 Å². The molecule has 2 aliphatic rings. The number of nitrogens with two attached hydrogens (primary N) is 1. The molecule has 0 saturated carbocycles. The number of hydrazine groups is 1. The van der Waals surface area contributed by atoms with Gasteiger partial charge < -0.3 is 5.73 Å². The molecule has 4 rings (SSSR count). The van der Waals surface area contributed by atoms with Crippen LogP contribution >= 0.6 is 11.3 Å². The number of hydrogen-bond donors (Lipinski definition) is 1. The number of hydrogen-bond acceptors (Lipinski definition) is 6. The molecule has 2 N–H and O–H groups in total. The zero-order chi connectivity index (χ0) is 21.4. The number of Topliss-reactive ketones (excluding diaryl/α,β-unsaturated/α-hetero) is 1. The van der Waals surface area contributed by atoms with Crippen LogP contribution in [0, 0.1) is 11.3 Å². The van der Waals surface area contributed by atoms with Crippen molar-refractivity contribution in [1.29, 1.82) is 5.26 Å². The molecule has 2 atom stereocenters. The van der Waals surface area contributed by atoms with Gasteiger partial charge in [-0.3, -0.25) is 9.80 Å². The lowest BCUT2D eigenvalue weighted by Crippen LogP contribution is -2.45. The minimum atomic E-state index is -0.379. The highest BCUT2D eigenvalue weighted by Crippen LogP contribution is 2.49. The summed E-state index contributed by atoms with van der Waals surface area (Å²) < 4.78 is 0. The fourth-order valence-electron chi connectivity index (χ4n) is 4.55. The van der Waals surface area contributed by atoms with Gasteiger partial charge in [0.2, 0.25) is 0 Å². The fourth-order valence-corrected chi connectivity index (χ4v) is 5.63. The van der Waals surface area contributed by atoms with Gasteiger partial charge in [0.15, 0.2) is 5.78 Å². The largest absolute Gasteiger partial charge is 0.383 e. The first-order valence-electron chi connectivity index (χ1n) is 10.2. The second-order valence-electron chi connectivity index (χ2n) is 7.96. The Bertz CT molecular complexity index is 1070. The van der Waals surface area contributed by atoms with E-state index in [1.807, 2.05) is 48.4 Å². The average Bonchev–Trinajstić information content (AvgIpc) is 3.22. The second kappa shape index (κ2) is 8.10. The quantitative estimate of drug-likeness (QED) is 0.802. The summed E-state index contributed by atoms with van der Waals surface area (Å²) in [6.45, 7) is 2.11. The number of thiophene rings is 1. The third-order valence-electron chi connectivity index (χ3n) is 5.93. The van der Waals surface area contributed by atoms with Crippen LogP contribution in [0.15, 0.2) is 65.1 Å². The van der Waals surface area contributed by atoms with Crippen molar-refractivity contribution in [2.45, 2.75) is 38.0 Å². The molecule has 2 aromatic rings. The number of nitrogens with zero attached hydrogens (tertiary/aromatic N) is 3. The topological polar surface area (TPSA) is 73.4 Å². The summed E-state index contributed by atoms with van der Waals surface area (Å²) in [5, 5.41) is 13.7. The SMILES string of the molecule is CCc1ccc([C@@H]2C(C#N)=C(N)N(N(C)C)C3=C2C(=O)C[C@@H](c2ccccc2)C3)s1. The molecule has 0 fully saturated rings. The molecule has 30 heavy (non-hydrogen) atoms. The number of ketones is 1. The first kappa shape index (κ1) is 20.4. The monoisotopic (exact) mass is 418 g/mol. The van der Waals surface area contributed by atoms with Crippen LogP contribution in [0.5, 0.6) is 0 Å². The Morgan fingerprint density at radius 3 is 2.53 bits per heavy atom. The van der Waals surface area contributed by atoms with E-state index in [4.69, 9.17) is 5.73 Å². The highest BCUT2D eigenvalue weighted by atomic mass is 32.1. The predicted octanol–water partition coefficient (Wildman–Crippen LogP) is 4.28. The standard InChI is InChI=1S/C24H26N4OS/c1-4-17-10-11-21(30-17)22-18(14-25)24(26)28(27(2)3)19-12-16(13-20(29)23(19)22)15-8-6-5-7-9-15/h5-11,16,22H,4,12-13,26H2,1-3H3/t16-,22-/m0/s1. The summed E-state index contributed by atoms with van der Waals surface area (Å²) in [5.74, 6) is 0.245. The van der Waals surface area contributed by atoms with Crippen molar-refractivity contribution >= 4 is 17.1 Å². The molecule has 0 spiro atoms. The molecule has 154 valence electrons. The van der Waals surface area contributed by atoms with Crippen molar-refractivity contribution in [2.24, 2.45) is 5.73 Å². The molecule has 0 saturated heterocycles. The Morgan fingerprint density at radius 2 is 1.93 bits per heavy atom. The molecule has 2 heterocycles.